The van der Waals surface area contributed by atoms with E-state index in [4.69, 9.17) is 10.5 Å². The molecular formula is C15H25NO. The Morgan fingerprint density at radius 3 is 2.24 bits per heavy atom. The highest BCUT2D eigenvalue weighted by Crippen LogP contribution is 2.26. The summed E-state index contributed by atoms with van der Waals surface area (Å²) in [6.07, 6.45) is 2.35. The Balaban J connectivity index is 2.62. The minimum absolute atomic E-state index is 0.231. The smallest absolute Gasteiger partial charge is 0.119 e. The van der Waals surface area contributed by atoms with Gasteiger partial charge in [0.05, 0.1) is 6.10 Å². The molecule has 0 radical (unpaired) electrons. The van der Waals surface area contributed by atoms with E-state index in [0.29, 0.717) is 0 Å². The van der Waals surface area contributed by atoms with Crippen LogP contribution in [-0.2, 0) is 6.42 Å². The first kappa shape index (κ1) is 14.0. The average Bonchev–Trinajstić information content (AvgIpc) is 2.19. The van der Waals surface area contributed by atoms with Crippen LogP contribution in [0, 0.1) is 5.41 Å². The lowest BCUT2D eigenvalue weighted by Crippen LogP contribution is -2.19. The number of hydrogen-bond acceptors (Lipinski definition) is 2. The Labute approximate surface area is 105 Å². The van der Waals surface area contributed by atoms with Crippen molar-refractivity contribution in [1.82, 2.24) is 0 Å². The van der Waals surface area contributed by atoms with Crippen LogP contribution in [0.2, 0.25) is 0 Å². The van der Waals surface area contributed by atoms with Gasteiger partial charge in [0.2, 0.25) is 0 Å². The first-order valence-electron chi connectivity index (χ1n) is 6.38. The molecule has 1 aromatic carbocycles. The van der Waals surface area contributed by atoms with Crippen LogP contribution in [0.1, 0.15) is 39.7 Å². The molecule has 0 heterocycles. The first-order chi connectivity index (χ1) is 7.93. The molecule has 0 bridgehead atoms. The number of ether oxygens (including phenoxy) is 1. The van der Waals surface area contributed by atoms with E-state index in [1.165, 1.54) is 5.56 Å². The third-order valence-electron chi connectivity index (χ3n) is 2.80. The summed E-state index contributed by atoms with van der Waals surface area (Å²) >= 11 is 0. The standard InChI is InChI=1S/C15H25NO/c1-12(2)17-14-7-5-13(6-8-14)11-15(3,4)9-10-16/h5-8,12H,9-11,16H2,1-4H3. The molecule has 0 spiro atoms. The van der Waals surface area contributed by atoms with Crippen LogP contribution in [0.4, 0.5) is 0 Å². The third-order valence-corrected chi connectivity index (χ3v) is 2.80. The van der Waals surface area contributed by atoms with E-state index < -0.39 is 0 Å². The normalized spacial score (nSPS) is 11.9. The molecule has 17 heavy (non-hydrogen) atoms. The summed E-state index contributed by atoms with van der Waals surface area (Å²) < 4.78 is 5.63. The van der Waals surface area contributed by atoms with Crippen LogP contribution in [0.3, 0.4) is 0 Å². The van der Waals surface area contributed by atoms with Gasteiger partial charge >= 0.3 is 0 Å². The lowest BCUT2D eigenvalue weighted by atomic mass is 9.83. The maximum absolute atomic E-state index is 5.63. The van der Waals surface area contributed by atoms with E-state index in [0.717, 1.165) is 25.1 Å². The molecule has 0 unspecified atom stereocenters. The lowest BCUT2D eigenvalue weighted by Gasteiger charge is -2.24. The van der Waals surface area contributed by atoms with Gasteiger partial charge in [0.25, 0.3) is 0 Å². The molecule has 0 aromatic heterocycles. The number of benzene rings is 1. The van der Waals surface area contributed by atoms with Crippen LogP contribution >= 0.6 is 0 Å². The predicted octanol–water partition coefficient (Wildman–Crippen LogP) is 3.39. The van der Waals surface area contributed by atoms with Gasteiger partial charge in [-0.3, -0.25) is 0 Å². The van der Waals surface area contributed by atoms with Crippen LogP contribution in [-0.4, -0.2) is 12.6 Å². The fraction of sp³-hybridized carbons (Fsp3) is 0.600. The van der Waals surface area contributed by atoms with Crippen molar-refractivity contribution in [2.75, 3.05) is 6.54 Å². The second-order valence-corrected chi connectivity index (χ2v) is 5.69. The van der Waals surface area contributed by atoms with E-state index in [-0.39, 0.29) is 11.5 Å². The Morgan fingerprint density at radius 2 is 1.76 bits per heavy atom. The summed E-state index contributed by atoms with van der Waals surface area (Å²) in [7, 11) is 0. The minimum atomic E-state index is 0.231. The monoisotopic (exact) mass is 235 g/mol. The molecule has 0 saturated heterocycles. The Hall–Kier alpha value is -1.02. The van der Waals surface area contributed by atoms with Gasteiger partial charge in [-0.05, 0) is 56.3 Å². The lowest BCUT2D eigenvalue weighted by molar-refractivity contribution is 0.242. The van der Waals surface area contributed by atoms with Crippen molar-refractivity contribution in [1.29, 1.82) is 0 Å². The molecule has 96 valence electrons. The SMILES string of the molecule is CC(C)Oc1ccc(CC(C)(C)CCN)cc1. The van der Waals surface area contributed by atoms with E-state index >= 15 is 0 Å². The van der Waals surface area contributed by atoms with Crippen molar-refractivity contribution in [2.45, 2.75) is 46.6 Å². The van der Waals surface area contributed by atoms with Crippen molar-refractivity contribution in [3.63, 3.8) is 0 Å². The summed E-state index contributed by atoms with van der Waals surface area (Å²) in [4.78, 5) is 0. The molecule has 2 N–H and O–H groups in total. The highest BCUT2D eigenvalue weighted by molar-refractivity contribution is 5.28. The van der Waals surface area contributed by atoms with Gasteiger partial charge in [-0.25, -0.2) is 0 Å². The van der Waals surface area contributed by atoms with E-state index in [2.05, 4.69) is 26.0 Å². The highest BCUT2D eigenvalue weighted by Gasteiger charge is 2.17. The van der Waals surface area contributed by atoms with Gasteiger partial charge in [-0.2, -0.15) is 0 Å². The fourth-order valence-corrected chi connectivity index (χ4v) is 1.99. The average molecular weight is 235 g/mol. The summed E-state index contributed by atoms with van der Waals surface area (Å²) in [6, 6.07) is 8.40. The molecule has 0 aliphatic carbocycles. The van der Waals surface area contributed by atoms with Crippen molar-refractivity contribution < 1.29 is 4.74 Å². The molecular weight excluding hydrogens is 210 g/mol. The number of rotatable bonds is 6. The quantitative estimate of drug-likeness (QED) is 0.820. The summed E-state index contributed by atoms with van der Waals surface area (Å²) in [5, 5.41) is 0. The van der Waals surface area contributed by atoms with Gasteiger partial charge in [-0.15, -0.1) is 0 Å². The summed E-state index contributed by atoms with van der Waals surface area (Å²) in [6.45, 7) is 9.36. The van der Waals surface area contributed by atoms with Crippen LogP contribution in [0.5, 0.6) is 5.75 Å². The molecule has 1 aromatic rings. The second kappa shape index (κ2) is 6.06. The van der Waals surface area contributed by atoms with Crippen LogP contribution in [0.15, 0.2) is 24.3 Å². The maximum atomic E-state index is 5.63. The van der Waals surface area contributed by atoms with Crippen molar-refractivity contribution in [3.8, 4) is 5.75 Å². The van der Waals surface area contributed by atoms with Crippen molar-refractivity contribution >= 4 is 0 Å². The van der Waals surface area contributed by atoms with E-state index in [9.17, 15) is 0 Å². The zero-order chi connectivity index (χ0) is 12.9. The molecule has 0 atom stereocenters. The van der Waals surface area contributed by atoms with E-state index in [1.54, 1.807) is 0 Å². The fourth-order valence-electron chi connectivity index (χ4n) is 1.99. The Kier molecular flexibility index (Phi) is 5.01. The number of hydrogen-bond donors (Lipinski definition) is 1. The molecule has 0 saturated carbocycles. The predicted molar refractivity (Wildman–Crippen MR) is 73.4 cm³/mol. The zero-order valence-electron chi connectivity index (χ0n) is 11.5. The molecule has 0 amide bonds. The summed E-state index contributed by atoms with van der Waals surface area (Å²) in [5.74, 6) is 0.945. The Bertz CT molecular complexity index is 327. The molecule has 1 rings (SSSR count). The van der Waals surface area contributed by atoms with Gasteiger partial charge in [0.1, 0.15) is 5.75 Å². The number of nitrogens with two attached hydrogens (primary N) is 1. The largest absolute Gasteiger partial charge is 0.491 e. The molecule has 0 aliphatic heterocycles. The zero-order valence-corrected chi connectivity index (χ0v) is 11.5. The van der Waals surface area contributed by atoms with Gasteiger partial charge < -0.3 is 10.5 Å². The van der Waals surface area contributed by atoms with Crippen LogP contribution < -0.4 is 10.5 Å². The minimum Gasteiger partial charge on any atom is -0.491 e. The van der Waals surface area contributed by atoms with Gasteiger partial charge in [0.15, 0.2) is 0 Å². The topological polar surface area (TPSA) is 35.2 Å². The second-order valence-electron chi connectivity index (χ2n) is 5.69. The van der Waals surface area contributed by atoms with Crippen molar-refractivity contribution in [2.24, 2.45) is 11.1 Å². The maximum Gasteiger partial charge on any atom is 0.119 e. The molecule has 0 aliphatic rings. The molecule has 2 nitrogen and oxygen atoms in total. The Morgan fingerprint density at radius 1 is 1.18 bits per heavy atom. The third kappa shape index (κ3) is 5.22. The summed E-state index contributed by atoms with van der Waals surface area (Å²) in [5.41, 5.74) is 7.25. The van der Waals surface area contributed by atoms with E-state index in [1.807, 2.05) is 26.0 Å². The molecule has 2 heteroatoms. The van der Waals surface area contributed by atoms with Crippen LogP contribution in [0.25, 0.3) is 0 Å². The van der Waals surface area contributed by atoms with Crippen molar-refractivity contribution in [3.05, 3.63) is 29.8 Å². The van der Waals surface area contributed by atoms with Gasteiger partial charge in [0, 0.05) is 0 Å². The first-order valence-corrected chi connectivity index (χ1v) is 6.38. The highest BCUT2D eigenvalue weighted by atomic mass is 16.5. The molecule has 0 fully saturated rings. The van der Waals surface area contributed by atoms with Gasteiger partial charge in [-0.1, -0.05) is 26.0 Å².